The minimum Gasteiger partial charge on any atom is -0.494 e. The van der Waals surface area contributed by atoms with Crippen molar-refractivity contribution in [2.75, 3.05) is 11.9 Å². The molecule has 0 bridgehead atoms. The highest BCUT2D eigenvalue weighted by atomic mass is 79.9. The zero-order chi connectivity index (χ0) is 15.9. The maximum absolute atomic E-state index is 12.2. The quantitative estimate of drug-likeness (QED) is 0.703. The molecule has 0 saturated heterocycles. The Labute approximate surface area is 139 Å². The van der Waals surface area contributed by atoms with Gasteiger partial charge in [0, 0.05) is 21.4 Å². The zero-order valence-corrected chi connectivity index (χ0v) is 14.0. The molecule has 0 aromatic heterocycles. The van der Waals surface area contributed by atoms with Crippen molar-refractivity contribution >= 4 is 27.4 Å². The van der Waals surface area contributed by atoms with Crippen LogP contribution in [0.1, 0.15) is 23.7 Å². The van der Waals surface area contributed by atoms with Gasteiger partial charge in [-0.25, -0.2) is 0 Å². The van der Waals surface area contributed by atoms with Crippen LogP contribution < -0.4 is 10.1 Å². The summed E-state index contributed by atoms with van der Waals surface area (Å²) >= 11 is 3.36. The normalized spacial score (nSPS) is 10.1. The molecule has 22 heavy (non-hydrogen) atoms. The van der Waals surface area contributed by atoms with E-state index in [1.165, 1.54) is 0 Å². The van der Waals surface area contributed by atoms with Crippen molar-refractivity contribution in [3.8, 4) is 5.75 Å². The first kappa shape index (κ1) is 16.3. The predicted octanol–water partition coefficient (Wildman–Crippen LogP) is 5.05. The lowest BCUT2D eigenvalue weighted by Crippen LogP contribution is -2.06. The average Bonchev–Trinajstić information content (AvgIpc) is 2.50. The lowest BCUT2D eigenvalue weighted by molar-refractivity contribution is 0.0993. The predicted molar refractivity (Wildman–Crippen MR) is 93.5 cm³/mol. The molecule has 0 aliphatic carbocycles. The van der Waals surface area contributed by atoms with Crippen molar-refractivity contribution < 1.29 is 9.53 Å². The second kappa shape index (κ2) is 7.80. The number of Topliss-reactive ketones (excluding diaryl/α,β-unsaturated/α-hetero) is 1. The van der Waals surface area contributed by atoms with Crippen LogP contribution in [0.3, 0.4) is 0 Å². The largest absolute Gasteiger partial charge is 0.494 e. The Morgan fingerprint density at radius 2 is 1.77 bits per heavy atom. The van der Waals surface area contributed by atoms with E-state index in [1.54, 1.807) is 12.1 Å². The van der Waals surface area contributed by atoms with Gasteiger partial charge in [-0.15, -0.1) is 0 Å². The topological polar surface area (TPSA) is 38.3 Å². The fraction of sp³-hybridized carbons (Fsp3) is 0.167. The molecule has 2 aromatic rings. The van der Waals surface area contributed by atoms with Gasteiger partial charge in [-0.05, 0) is 43.3 Å². The number of nitrogens with one attached hydrogen (secondary N) is 1. The highest BCUT2D eigenvalue weighted by Crippen LogP contribution is 2.19. The summed E-state index contributed by atoms with van der Waals surface area (Å²) in [5.74, 6) is 0.862. The molecular formula is C18H18BrNO2. The zero-order valence-electron chi connectivity index (χ0n) is 12.4. The van der Waals surface area contributed by atoms with Crippen LogP contribution in [0, 0.1) is 0 Å². The molecule has 0 spiro atoms. The number of allylic oxidation sites excluding steroid dienone is 1. The number of anilines is 1. The molecule has 114 valence electrons. The molecule has 0 radical (unpaired) electrons. The summed E-state index contributed by atoms with van der Waals surface area (Å²) in [4.78, 5) is 12.2. The van der Waals surface area contributed by atoms with Crippen molar-refractivity contribution in [3.63, 3.8) is 0 Å². The number of hydrogen-bond donors (Lipinski definition) is 1. The SMILES string of the molecule is C=C(CC(=O)c1ccc(Br)cc1)Nc1ccc(OCC)cc1. The number of benzene rings is 2. The molecule has 0 aliphatic heterocycles. The van der Waals surface area contributed by atoms with Gasteiger partial charge in [0.25, 0.3) is 0 Å². The standard InChI is InChI=1S/C18H18BrNO2/c1-3-22-17-10-8-16(9-11-17)20-13(2)12-18(21)14-4-6-15(19)7-5-14/h4-11,20H,2-3,12H2,1H3. The van der Waals surface area contributed by atoms with Crippen LogP contribution in [0.2, 0.25) is 0 Å². The van der Waals surface area contributed by atoms with Gasteiger partial charge < -0.3 is 10.1 Å². The van der Waals surface area contributed by atoms with E-state index in [9.17, 15) is 4.79 Å². The van der Waals surface area contributed by atoms with Gasteiger partial charge in [0.15, 0.2) is 5.78 Å². The molecule has 0 fully saturated rings. The molecule has 0 heterocycles. The summed E-state index contributed by atoms with van der Waals surface area (Å²) in [7, 11) is 0. The number of ketones is 1. The second-order valence-electron chi connectivity index (χ2n) is 4.79. The summed E-state index contributed by atoms with van der Waals surface area (Å²) in [6.45, 7) is 6.51. The number of carbonyl (C=O) groups excluding carboxylic acids is 1. The van der Waals surface area contributed by atoms with Gasteiger partial charge in [-0.3, -0.25) is 4.79 Å². The fourth-order valence-electron chi connectivity index (χ4n) is 1.98. The molecule has 3 nitrogen and oxygen atoms in total. The summed E-state index contributed by atoms with van der Waals surface area (Å²) in [6, 6.07) is 14.9. The number of halogens is 1. The second-order valence-corrected chi connectivity index (χ2v) is 5.71. The van der Waals surface area contributed by atoms with Crippen LogP contribution in [-0.4, -0.2) is 12.4 Å². The highest BCUT2D eigenvalue weighted by molar-refractivity contribution is 9.10. The Kier molecular flexibility index (Phi) is 5.78. The Bertz CT molecular complexity index is 648. The third-order valence-electron chi connectivity index (χ3n) is 3.03. The van der Waals surface area contributed by atoms with Gasteiger partial charge >= 0.3 is 0 Å². The van der Waals surface area contributed by atoms with Crippen LogP contribution in [0.25, 0.3) is 0 Å². The maximum atomic E-state index is 12.2. The smallest absolute Gasteiger partial charge is 0.168 e. The van der Waals surface area contributed by atoms with Crippen LogP contribution in [0.4, 0.5) is 5.69 Å². The van der Waals surface area contributed by atoms with Crippen molar-refractivity contribution in [3.05, 3.63) is 70.8 Å². The Morgan fingerprint density at radius 1 is 1.14 bits per heavy atom. The van der Waals surface area contributed by atoms with Crippen LogP contribution in [0.15, 0.2) is 65.3 Å². The van der Waals surface area contributed by atoms with Crippen LogP contribution in [0.5, 0.6) is 5.75 Å². The number of carbonyl (C=O) groups is 1. The van der Waals surface area contributed by atoms with Crippen molar-refractivity contribution in [1.82, 2.24) is 0 Å². The molecule has 0 saturated carbocycles. The van der Waals surface area contributed by atoms with Crippen molar-refractivity contribution in [1.29, 1.82) is 0 Å². The van der Waals surface area contributed by atoms with E-state index < -0.39 is 0 Å². The number of ether oxygens (including phenoxy) is 1. The van der Waals surface area contributed by atoms with E-state index >= 15 is 0 Å². The number of hydrogen-bond acceptors (Lipinski definition) is 3. The summed E-state index contributed by atoms with van der Waals surface area (Å²) < 4.78 is 6.34. The van der Waals surface area contributed by atoms with E-state index in [4.69, 9.17) is 4.74 Å². The molecule has 1 N–H and O–H groups in total. The minimum absolute atomic E-state index is 0.0379. The Hall–Kier alpha value is -2.07. The van der Waals surface area contributed by atoms with Gasteiger partial charge in [-0.1, -0.05) is 34.6 Å². The monoisotopic (exact) mass is 359 g/mol. The fourth-order valence-corrected chi connectivity index (χ4v) is 2.25. The number of rotatable bonds is 7. The Morgan fingerprint density at radius 3 is 2.36 bits per heavy atom. The van der Waals surface area contributed by atoms with Crippen molar-refractivity contribution in [2.45, 2.75) is 13.3 Å². The van der Waals surface area contributed by atoms with Crippen molar-refractivity contribution in [2.24, 2.45) is 0 Å². The molecular weight excluding hydrogens is 342 g/mol. The Balaban J connectivity index is 1.92. The molecule has 4 heteroatoms. The van der Waals surface area contributed by atoms with E-state index in [0.29, 0.717) is 17.9 Å². The molecule has 0 unspecified atom stereocenters. The molecule has 0 amide bonds. The van der Waals surface area contributed by atoms with Gasteiger partial charge in [-0.2, -0.15) is 0 Å². The van der Waals surface area contributed by atoms with E-state index in [1.807, 2.05) is 43.3 Å². The average molecular weight is 360 g/mol. The first-order valence-corrected chi connectivity index (χ1v) is 7.84. The molecule has 2 aromatic carbocycles. The molecule has 2 rings (SSSR count). The highest BCUT2D eigenvalue weighted by Gasteiger charge is 2.08. The van der Waals surface area contributed by atoms with E-state index in [2.05, 4.69) is 27.8 Å². The summed E-state index contributed by atoms with van der Waals surface area (Å²) in [5, 5.41) is 3.14. The van der Waals surface area contributed by atoms with Crippen LogP contribution >= 0.6 is 15.9 Å². The third-order valence-corrected chi connectivity index (χ3v) is 3.56. The lowest BCUT2D eigenvalue weighted by Gasteiger charge is -2.10. The molecule has 0 atom stereocenters. The summed E-state index contributed by atoms with van der Waals surface area (Å²) in [5.41, 5.74) is 2.23. The maximum Gasteiger partial charge on any atom is 0.168 e. The summed E-state index contributed by atoms with van der Waals surface area (Å²) in [6.07, 6.45) is 0.259. The van der Waals surface area contributed by atoms with E-state index in [0.717, 1.165) is 15.9 Å². The minimum atomic E-state index is 0.0379. The first-order valence-electron chi connectivity index (χ1n) is 7.05. The van der Waals surface area contributed by atoms with Gasteiger partial charge in [0.1, 0.15) is 5.75 Å². The van der Waals surface area contributed by atoms with E-state index in [-0.39, 0.29) is 12.2 Å². The lowest BCUT2D eigenvalue weighted by atomic mass is 10.1. The van der Waals surface area contributed by atoms with Crippen LogP contribution in [-0.2, 0) is 0 Å². The van der Waals surface area contributed by atoms with Gasteiger partial charge in [0.2, 0.25) is 0 Å². The molecule has 0 aliphatic rings. The van der Waals surface area contributed by atoms with Gasteiger partial charge in [0.05, 0.1) is 13.0 Å². The third kappa shape index (κ3) is 4.74. The first-order chi connectivity index (χ1) is 10.6.